The molecule has 6 heteroatoms. The first-order valence-corrected chi connectivity index (χ1v) is 8.94. The standard InChI is InChI=1S/C20H31N3O3/c1-12(2)18(25)22-15-8-14(21-17(24)11-20(5,6)7)9-16(10-15)23-19(26)13(3)4/h8-10,12-13H,11H2,1-7H3,(H,21,24)(H,22,25)(H,23,26). The van der Waals surface area contributed by atoms with Gasteiger partial charge in [-0.05, 0) is 23.6 Å². The van der Waals surface area contributed by atoms with E-state index in [9.17, 15) is 14.4 Å². The molecule has 1 aromatic rings. The summed E-state index contributed by atoms with van der Waals surface area (Å²) in [5.41, 5.74) is 1.44. The summed E-state index contributed by atoms with van der Waals surface area (Å²) < 4.78 is 0. The predicted octanol–water partition coefficient (Wildman–Crippen LogP) is 4.25. The van der Waals surface area contributed by atoms with Crippen molar-refractivity contribution in [2.24, 2.45) is 17.3 Å². The van der Waals surface area contributed by atoms with Crippen molar-refractivity contribution in [2.75, 3.05) is 16.0 Å². The fourth-order valence-electron chi connectivity index (χ4n) is 2.10. The number of nitrogens with one attached hydrogen (secondary N) is 3. The summed E-state index contributed by atoms with van der Waals surface area (Å²) in [6.07, 6.45) is 0.364. The largest absolute Gasteiger partial charge is 0.326 e. The van der Waals surface area contributed by atoms with Crippen LogP contribution in [0.15, 0.2) is 18.2 Å². The van der Waals surface area contributed by atoms with Crippen LogP contribution in [0.25, 0.3) is 0 Å². The molecule has 0 radical (unpaired) electrons. The SMILES string of the molecule is CC(C)C(=O)Nc1cc(NC(=O)CC(C)(C)C)cc(NC(=O)C(C)C)c1. The summed E-state index contributed by atoms with van der Waals surface area (Å²) in [4.78, 5) is 36.2. The summed E-state index contributed by atoms with van der Waals surface area (Å²) in [5.74, 6) is -0.745. The van der Waals surface area contributed by atoms with Gasteiger partial charge in [0.1, 0.15) is 0 Å². The van der Waals surface area contributed by atoms with Gasteiger partial charge < -0.3 is 16.0 Å². The second-order valence-electron chi connectivity index (χ2n) is 8.37. The Morgan fingerprint density at radius 3 is 1.42 bits per heavy atom. The van der Waals surface area contributed by atoms with Crippen LogP contribution in [0, 0.1) is 17.3 Å². The lowest BCUT2D eigenvalue weighted by Crippen LogP contribution is -2.21. The molecule has 0 aliphatic carbocycles. The molecule has 0 fully saturated rings. The van der Waals surface area contributed by atoms with Crippen molar-refractivity contribution in [1.82, 2.24) is 0 Å². The van der Waals surface area contributed by atoms with Crippen LogP contribution in [0.4, 0.5) is 17.1 Å². The fraction of sp³-hybridized carbons (Fsp3) is 0.550. The summed E-state index contributed by atoms with van der Waals surface area (Å²) >= 11 is 0. The number of rotatable bonds is 6. The Labute approximate surface area is 156 Å². The maximum Gasteiger partial charge on any atom is 0.226 e. The van der Waals surface area contributed by atoms with E-state index >= 15 is 0 Å². The van der Waals surface area contributed by atoms with Crippen LogP contribution in [0.2, 0.25) is 0 Å². The molecule has 0 unspecified atom stereocenters. The third-order valence-corrected chi connectivity index (χ3v) is 3.49. The Balaban J connectivity index is 3.08. The molecule has 0 heterocycles. The molecular weight excluding hydrogens is 330 g/mol. The van der Waals surface area contributed by atoms with Crippen molar-refractivity contribution < 1.29 is 14.4 Å². The monoisotopic (exact) mass is 361 g/mol. The van der Waals surface area contributed by atoms with Crippen LogP contribution in [0.5, 0.6) is 0 Å². The smallest absolute Gasteiger partial charge is 0.226 e. The Morgan fingerprint density at radius 2 is 1.12 bits per heavy atom. The highest BCUT2D eigenvalue weighted by Crippen LogP contribution is 2.25. The zero-order valence-corrected chi connectivity index (χ0v) is 16.8. The van der Waals surface area contributed by atoms with Gasteiger partial charge in [0, 0.05) is 35.3 Å². The van der Waals surface area contributed by atoms with Gasteiger partial charge in [0.2, 0.25) is 17.7 Å². The van der Waals surface area contributed by atoms with Gasteiger partial charge in [-0.2, -0.15) is 0 Å². The van der Waals surface area contributed by atoms with Crippen LogP contribution in [-0.2, 0) is 14.4 Å². The first-order chi connectivity index (χ1) is 11.9. The van der Waals surface area contributed by atoms with Gasteiger partial charge in [0.05, 0.1) is 0 Å². The molecule has 0 saturated heterocycles. The van der Waals surface area contributed by atoms with E-state index in [1.54, 1.807) is 45.9 Å². The second kappa shape index (κ2) is 8.83. The zero-order valence-electron chi connectivity index (χ0n) is 16.8. The van der Waals surface area contributed by atoms with Crippen molar-refractivity contribution in [3.05, 3.63) is 18.2 Å². The van der Waals surface area contributed by atoms with Crippen molar-refractivity contribution >= 4 is 34.8 Å². The number of hydrogen-bond donors (Lipinski definition) is 3. The first kappa shape index (κ1) is 21.7. The van der Waals surface area contributed by atoms with Gasteiger partial charge in [-0.25, -0.2) is 0 Å². The molecule has 0 atom stereocenters. The molecule has 144 valence electrons. The molecule has 0 bridgehead atoms. The van der Waals surface area contributed by atoms with Crippen LogP contribution in [0.3, 0.4) is 0 Å². The Hall–Kier alpha value is -2.37. The summed E-state index contributed by atoms with van der Waals surface area (Å²) in [5, 5.41) is 8.45. The normalized spacial score (nSPS) is 11.4. The molecule has 0 aromatic heterocycles. The van der Waals surface area contributed by atoms with E-state index in [1.807, 2.05) is 20.8 Å². The van der Waals surface area contributed by atoms with Crippen LogP contribution in [-0.4, -0.2) is 17.7 Å². The molecule has 1 aromatic carbocycles. The maximum atomic E-state index is 12.2. The predicted molar refractivity (Wildman–Crippen MR) is 106 cm³/mol. The number of hydrogen-bond acceptors (Lipinski definition) is 3. The van der Waals surface area contributed by atoms with Gasteiger partial charge in [0.15, 0.2) is 0 Å². The van der Waals surface area contributed by atoms with Crippen molar-refractivity contribution in [3.8, 4) is 0 Å². The molecule has 0 aliphatic heterocycles. The van der Waals surface area contributed by atoms with E-state index in [2.05, 4.69) is 16.0 Å². The number of benzene rings is 1. The minimum atomic E-state index is -0.178. The molecule has 3 N–H and O–H groups in total. The molecular formula is C20H31N3O3. The minimum Gasteiger partial charge on any atom is -0.326 e. The van der Waals surface area contributed by atoms with Crippen LogP contribution < -0.4 is 16.0 Å². The summed E-state index contributed by atoms with van der Waals surface area (Å²) in [7, 11) is 0. The highest BCUT2D eigenvalue weighted by atomic mass is 16.2. The number of anilines is 3. The number of amides is 3. The van der Waals surface area contributed by atoms with E-state index in [4.69, 9.17) is 0 Å². The van der Waals surface area contributed by atoms with Crippen LogP contribution >= 0.6 is 0 Å². The molecule has 0 aliphatic rings. The Kier molecular flexibility index (Phi) is 7.36. The third kappa shape index (κ3) is 7.68. The Bertz CT molecular complexity index is 633. The van der Waals surface area contributed by atoms with E-state index in [0.29, 0.717) is 23.5 Å². The van der Waals surface area contributed by atoms with Crippen LogP contribution in [0.1, 0.15) is 54.9 Å². The van der Waals surface area contributed by atoms with E-state index < -0.39 is 0 Å². The highest BCUT2D eigenvalue weighted by Gasteiger charge is 2.17. The van der Waals surface area contributed by atoms with Gasteiger partial charge in [-0.15, -0.1) is 0 Å². The van der Waals surface area contributed by atoms with Gasteiger partial charge >= 0.3 is 0 Å². The molecule has 3 amide bonds. The van der Waals surface area contributed by atoms with Crippen molar-refractivity contribution in [3.63, 3.8) is 0 Å². The van der Waals surface area contributed by atoms with Crippen molar-refractivity contribution in [2.45, 2.75) is 54.9 Å². The highest BCUT2D eigenvalue weighted by molar-refractivity contribution is 5.98. The molecule has 26 heavy (non-hydrogen) atoms. The second-order valence-corrected chi connectivity index (χ2v) is 8.37. The first-order valence-electron chi connectivity index (χ1n) is 8.94. The number of carbonyl (C=O) groups is 3. The average Bonchev–Trinajstić information content (AvgIpc) is 2.44. The minimum absolute atomic E-state index is 0.119. The maximum absolute atomic E-state index is 12.2. The number of carbonyl (C=O) groups excluding carboxylic acids is 3. The van der Waals surface area contributed by atoms with E-state index in [0.717, 1.165) is 0 Å². The average molecular weight is 361 g/mol. The third-order valence-electron chi connectivity index (χ3n) is 3.49. The van der Waals surface area contributed by atoms with Gasteiger partial charge in [-0.1, -0.05) is 48.5 Å². The molecule has 6 nitrogen and oxygen atoms in total. The zero-order chi connectivity index (χ0) is 20.1. The Morgan fingerprint density at radius 1 is 0.769 bits per heavy atom. The van der Waals surface area contributed by atoms with Crippen molar-refractivity contribution in [1.29, 1.82) is 0 Å². The topological polar surface area (TPSA) is 87.3 Å². The van der Waals surface area contributed by atoms with E-state index in [-0.39, 0.29) is 35.0 Å². The summed E-state index contributed by atoms with van der Waals surface area (Å²) in [6.45, 7) is 13.1. The lowest BCUT2D eigenvalue weighted by molar-refractivity contribution is -0.119. The molecule has 1 rings (SSSR count). The van der Waals surface area contributed by atoms with Gasteiger partial charge in [-0.3, -0.25) is 14.4 Å². The molecule has 0 spiro atoms. The van der Waals surface area contributed by atoms with Gasteiger partial charge in [0.25, 0.3) is 0 Å². The fourth-order valence-corrected chi connectivity index (χ4v) is 2.10. The summed E-state index contributed by atoms with van der Waals surface area (Å²) in [6, 6.07) is 5.05. The quantitative estimate of drug-likeness (QED) is 0.708. The lowest BCUT2D eigenvalue weighted by atomic mass is 9.92. The lowest BCUT2D eigenvalue weighted by Gasteiger charge is -2.18. The van der Waals surface area contributed by atoms with E-state index in [1.165, 1.54) is 0 Å². The molecule has 0 saturated carbocycles.